The number of hydrogen-bond donors (Lipinski definition) is 1. The van der Waals surface area contributed by atoms with Crippen LogP contribution in [0.5, 0.6) is 5.75 Å². The third-order valence-corrected chi connectivity index (χ3v) is 7.84. The Hall–Kier alpha value is -3.52. The molecule has 192 valence electrons. The van der Waals surface area contributed by atoms with Crippen LogP contribution in [0.3, 0.4) is 0 Å². The maximum absolute atomic E-state index is 13.3. The van der Waals surface area contributed by atoms with E-state index in [0.717, 1.165) is 35.7 Å². The van der Waals surface area contributed by atoms with Crippen LogP contribution in [-0.4, -0.2) is 35.7 Å². The van der Waals surface area contributed by atoms with Gasteiger partial charge in [-0.05, 0) is 67.3 Å². The van der Waals surface area contributed by atoms with Gasteiger partial charge in [-0.15, -0.1) is 0 Å². The summed E-state index contributed by atoms with van der Waals surface area (Å²) in [4.78, 5) is 33.2. The summed E-state index contributed by atoms with van der Waals surface area (Å²) >= 11 is 1.47. The van der Waals surface area contributed by atoms with Crippen LogP contribution >= 0.6 is 11.8 Å². The molecule has 0 spiro atoms. The highest BCUT2D eigenvalue weighted by Gasteiger charge is 2.41. The number of ether oxygens (including phenoxy) is 2. The molecule has 2 atom stereocenters. The number of amidine groups is 1. The van der Waals surface area contributed by atoms with Crippen molar-refractivity contribution in [3.8, 4) is 5.75 Å². The molecule has 0 fully saturated rings. The normalized spacial score (nSPS) is 20.5. The van der Waals surface area contributed by atoms with Gasteiger partial charge >= 0.3 is 5.97 Å². The Morgan fingerprint density at radius 3 is 2.84 bits per heavy atom. The van der Waals surface area contributed by atoms with Crippen LogP contribution in [0.1, 0.15) is 61.9 Å². The minimum absolute atomic E-state index is 0.00742. The number of hydrogen-bond acceptors (Lipinski definition) is 7. The lowest BCUT2D eigenvalue weighted by Gasteiger charge is -2.36. The fraction of sp³-hybridized carbons (Fsp3) is 0.345. The van der Waals surface area contributed by atoms with Crippen LogP contribution in [0, 0.1) is 0 Å². The number of fused-ring (bicyclic) bond motifs is 2. The molecule has 2 aromatic carbocycles. The fourth-order valence-electron chi connectivity index (χ4n) is 5.28. The number of aliphatic imine (C=N–C) groups is 1. The summed E-state index contributed by atoms with van der Waals surface area (Å²) in [6, 6.07) is 15.5. The number of nitrogens with zero attached hydrogens (tertiary/aromatic N) is 2. The molecule has 0 saturated carbocycles. The van der Waals surface area contributed by atoms with Crippen LogP contribution in [-0.2, 0) is 20.7 Å². The molecule has 0 saturated heterocycles. The van der Waals surface area contributed by atoms with Crippen molar-refractivity contribution in [2.45, 2.75) is 51.6 Å². The van der Waals surface area contributed by atoms with E-state index in [1.54, 1.807) is 14.0 Å². The van der Waals surface area contributed by atoms with Crippen LogP contribution < -0.4 is 10.1 Å². The summed E-state index contributed by atoms with van der Waals surface area (Å²) in [5, 5.41) is 5.95. The van der Waals surface area contributed by atoms with Gasteiger partial charge in [0.2, 0.25) is 5.91 Å². The predicted molar refractivity (Wildman–Crippen MR) is 145 cm³/mol. The van der Waals surface area contributed by atoms with Gasteiger partial charge in [-0.1, -0.05) is 48.2 Å². The van der Waals surface area contributed by atoms with Gasteiger partial charge in [0.15, 0.2) is 5.17 Å². The molecule has 7 nitrogen and oxygen atoms in total. The number of rotatable bonds is 7. The van der Waals surface area contributed by atoms with Crippen LogP contribution in [0.25, 0.3) is 0 Å². The number of nitrogens with one attached hydrogen (secondary N) is 1. The van der Waals surface area contributed by atoms with Gasteiger partial charge in [0.25, 0.3) is 0 Å². The van der Waals surface area contributed by atoms with Crippen molar-refractivity contribution < 1.29 is 19.1 Å². The molecular formula is C29H31N3O4S. The minimum Gasteiger partial charge on any atom is -0.497 e. The first-order chi connectivity index (χ1) is 18.0. The van der Waals surface area contributed by atoms with E-state index in [4.69, 9.17) is 14.5 Å². The van der Waals surface area contributed by atoms with Crippen LogP contribution in [0.15, 0.2) is 75.9 Å². The van der Waals surface area contributed by atoms with Crippen molar-refractivity contribution in [1.82, 2.24) is 10.2 Å². The van der Waals surface area contributed by atoms with Crippen molar-refractivity contribution in [3.05, 3.63) is 87.6 Å². The number of allylic oxidation sites excluding steroid dienone is 1. The van der Waals surface area contributed by atoms with Crippen molar-refractivity contribution >= 4 is 28.8 Å². The van der Waals surface area contributed by atoms with Gasteiger partial charge < -0.3 is 19.7 Å². The first-order valence-corrected chi connectivity index (χ1v) is 13.5. The molecule has 3 aliphatic rings. The van der Waals surface area contributed by atoms with Gasteiger partial charge in [0.1, 0.15) is 5.75 Å². The maximum atomic E-state index is 13.3. The summed E-state index contributed by atoms with van der Waals surface area (Å²) in [6.07, 6.45) is 3.20. The van der Waals surface area contributed by atoms with Gasteiger partial charge in [0.05, 0.1) is 43.5 Å². The molecule has 1 amide bonds. The molecule has 37 heavy (non-hydrogen) atoms. The average Bonchev–Trinajstić information content (AvgIpc) is 3.29. The largest absolute Gasteiger partial charge is 0.497 e. The number of carbonyl (C=O) groups excluding carboxylic acids is 2. The Kier molecular flexibility index (Phi) is 7.37. The van der Waals surface area contributed by atoms with Crippen molar-refractivity contribution in [1.29, 1.82) is 0 Å². The molecule has 0 unspecified atom stereocenters. The maximum Gasteiger partial charge on any atom is 0.338 e. The summed E-state index contributed by atoms with van der Waals surface area (Å²) in [5.74, 6) is 0.229. The van der Waals surface area contributed by atoms with E-state index in [0.29, 0.717) is 17.0 Å². The molecule has 2 aliphatic heterocycles. The quantitative estimate of drug-likeness (QED) is 0.494. The topological polar surface area (TPSA) is 80.2 Å². The monoisotopic (exact) mass is 517 g/mol. The zero-order valence-corrected chi connectivity index (χ0v) is 22.1. The Bertz CT molecular complexity index is 1320. The highest BCUT2D eigenvalue weighted by molar-refractivity contribution is 8.16. The summed E-state index contributed by atoms with van der Waals surface area (Å²) in [7, 11) is 1.62. The van der Waals surface area contributed by atoms with Crippen LogP contribution in [0.2, 0.25) is 0 Å². The zero-order chi connectivity index (χ0) is 25.9. The second-order valence-corrected chi connectivity index (χ2v) is 10.1. The molecule has 1 N–H and O–H groups in total. The average molecular weight is 518 g/mol. The van der Waals surface area contributed by atoms with Gasteiger partial charge in [0, 0.05) is 5.70 Å². The van der Waals surface area contributed by atoms with Crippen molar-refractivity contribution in [2.75, 3.05) is 13.7 Å². The molecule has 0 radical (unpaired) electrons. The van der Waals surface area contributed by atoms with Crippen molar-refractivity contribution in [2.24, 2.45) is 4.99 Å². The van der Waals surface area contributed by atoms with E-state index >= 15 is 0 Å². The standard InChI is InChI=1S/C29H31N3O4S/c1-4-36-28(34)26-18(2)30-29-32(27(26)20-11-7-12-22(15-20)35-3)21(17-37-29)16-25(33)31-24-14-8-10-19-9-5-6-13-23(19)24/h5-7,9,11-13,15,17,24,27H,4,8,10,14,16H2,1-3H3,(H,31,33)/t24-,27-/m0/s1. The molecule has 5 rings (SSSR count). The number of esters is 1. The lowest BCUT2D eigenvalue weighted by molar-refractivity contribution is -0.139. The van der Waals surface area contributed by atoms with Crippen molar-refractivity contribution in [3.63, 3.8) is 0 Å². The SMILES string of the molecule is CCOC(=O)C1=C(C)N=C2SC=C(CC(=O)N[C@H]3CCCc4ccccc43)N2[C@H]1c1cccc(OC)c1. The third-order valence-electron chi connectivity index (χ3n) is 6.95. The lowest BCUT2D eigenvalue weighted by Crippen LogP contribution is -2.38. The smallest absolute Gasteiger partial charge is 0.338 e. The Labute approximate surface area is 221 Å². The predicted octanol–water partition coefficient (Wildman–Crippen LogP) is 5.42. The number of aryl methyl sites for hydroxylation is 1. The van der Waals surface area contributed by atoms with Gasteiger partial charge in [-0.25, -0.2) is 9.79 Å². The van der Waals surface area contributed by atoms with Crippen LogP contribution in [0.4, 0.5) is 0 Å². The van der Waals surface area contributed by atoms with Gasteiger partial charge in [-0.2, -0.15) is 0 Å². The minimum atomic E-state index is -0.480. The zero-order valence-electron chi connectivity index (χ0n) is 21.3. The van der Waals surface area contributed by atoms with E-state index < -0.39 is 12.0 Å². The number of carbonyl (C=O) groups is 2. The first kappa shape index (κ1) is 25.1. The molecular weight excluding hydrogens is 486 g/mol. The number of thioether (sulfide) groups is 1. The molecule has 2 heterocycles. The highest BCUT2D eigenvalue weighted by Crippen LogP contribution is 2.45. The second-order valence-electron chi connectivity index (χ2n) is 9.28. The molecule has 2 aromatic rings. The van der Waals surface area contributed by atoms with E-state index in [1.165, 1.54) is 22.9 Å². The van der Waals surface area contributed by atoms with E-state index in [2.05, 4.69) is 23.5 Å². The summed E-state index contributed by atoms with van der Waals surface area (Å²) in [6.45, 7) is 3.88. The van der Waals surface area contributed by atoms with E-state index in [9.17, 15) is 9.59 Å². The van der Waals surface area contributed by atoms with E-state index in [1.807, 2.05) is 47.6 Å². The number of benzene rings is 2. The Morgan fingerprint density at radius 2 is 2.03 bits per heavy atom. The number of methoxy groups -OCH3 is 1. The lowest BCUT2D eigenvalue weighted by atomic mass is 9.87. The molecule has 0 bridgehead atoms. The summed E-state index contributed by atoms with van der Waals surface area (Å²) < 4.78 is 10.9. The summed E-state index contributed by atoms with van der Waals surface area (Å²) in [5.41, 5.74) is 5.25. The Balaban J connectivity index is 1.43. The van der Waals surface area contributed by atoms with Gasteiger partial charge in [-0.3, -0.25) is 4.79 Å². The first-order valence-electron chi connectivity index (χ1n) is 12.6. The Morgan fingerprint density at radius 1 is 1.19 bits per heavy atom. The second kappa shape index (κ2) is 10.8. The molecule has 8 heteroatoms. The fourth-order valence-corrected chi connectivity index (χ4v) is 6.24. The third kappa shape index (κ3) is 5.03. The highest BCUT2D eigenvalue weighted by atomic mass is 32.2. The molecule has 1 aliphatic carbocycles. The molecule has 0 aromatic heterocycles. The number of amides is 1. The van der Waals surface area contributed by atoms with E-state index in [-0.39, 0.29) is 25.0 Å².